The zero-order valence-corrected chi connectivity index (χ0v) is 14.8. The van der Waals surface area contributed by atoms with Crippen molar-refractivity contribution in [2.24, 2.45) is 17.8 Å². The summed E-state index contributed by atoms with van der Waals surface area (Å²) in [6.07, 6.45) is 10.8. The van der Waals surface area contributed by atoms with Gasteiger partial charge in [-0.2, -0.15) is 0 Å². The highest BCUT2D eigenvalue weighted by molar-refractivity contribution is 7.91. The van der Waals surface area contributed by atoms with Gasteiger partial charge in [0.2, 0.25) is 0 Å². The van der Waals surface area contributed by atoms with Crippen LogP contribution in [-0.4, -0.2) is 32.5 Å². The average molecular weight is 316 g/mol. The molecule has 0 aromatic rings. The van der Waals surface area contributed by atoms with Gasteiger partial charge in [0, 0.05) is 12.3 Å². The maximum atomic E-state index is 11.9. The summed E-state index contributed by atoms with van der Waals surface area (Å²) in [5, 5.41) is 3.62. The van der Waals surface area contributed by atoms with Crippen LogP contribution in [0.3, 0.4) is 0 Å². The van der Waals surface area contributed by atoms with Crippen LogP contribution in [0.15, 0.2) is 0 Å². The topological polar surface area (TPSA) is 46.2 Å². The van der Waals surface area contributed by atoms with Gasteiger partial charge in [-0.25, -0.2) is 8.42 Å². The van der Waals surface area contributed by atoms with Crippen LogP contribution in [0.2, 0.25) is 0 Å². The van der Waals surface area contributed by atoms with Crippen LogP contribution in [-0.2, 0) is 9.84 Å². The van der Waals surface area contributed by atoms with E-state index in [-0.39, 0.29) is 5.25 Å². The normalized spacial score (nSPS) is 36.3. The molecular formula is C17H33NO2S. The quantitative estimate of drug-likeness (QED) is 0.846. The van der Waals surface area contributed by atoms with Crippen LogP contribution in [0, 0.1) is 17.8 Å². The Morgan fingerprint density at radius 2 is 1.67 bits per heavy atom. The van der Waals surface area contributed by atoms with Gasteiger partial charge in [0.25, 0.3) is 0 Å². The van der Waals surface area contributed by atoms with Crippen molar-refractivity contribution < 1.29 is 8.42 Å². The van der Waals surface area contributed by atoms with E-state index < -0.39 is 9.84 Å². The summed E-state index contributed by atoms with van der Waals surface area (Å²) in [6.45, 7) is 5.54. The van der Waals surface area contributed by atoms with Crippen LogP contribution >= 0.6 is 0 Å². The first-order valence-electron chi connectivity index (χ1n) is 8.84. The molecule has 1 N–H and O–H groups in total. The summed E-state index contributed by atoms with van der Waals surface area (Å²) in [5.74, 6) is 2.13. The molecule has 0 radical (unpaired) electrons. The molecule has 2 fully saturated rings. The van der Waals surface area contributed by atoms with Crippen LogP contribution in [0.5, 0.6) is 0 Å². The molecule has 3 nitrogen and oxygen atoms in total. The Morgan fingerprint density at radius 1 is 1.05 bits per heavy atom. The van der Waals surface area contributed by atoms with Gasteiger partial charge in [-0.15, -0.1) is 0 Å². The fourth-order valence-electron chi connectivity index (χ4n) is 4.66. The minimum Gasteiger partial charge on any atom is -0.314 e. The molecule has 21 heavy (non-hydrogen) atoms. The van der Waals surface area contributed by atoms with Gasteiger partial charge in [0.1, 0.15) is 9.84 Å². The molecule has 2 aliphatic rings. The summed E-state index contributed by atoms with van der Waals surface area (Å²) in [4.78, 5) is 0. The van der Waals surface area contributed by atoms with E-state index in [4.69, 9.17) is 0 Å². The molecule has 5 atom stereocenters. The molecule has 2 rings (SSSR count). The van der Waals surface area contributed by atoms with Crippen molar-refractivity contribution in [1.82, 2.24) is 5.32 Å². The third-order valence-electron chi connectivity index (χ3n) is 5.70. The first-order chi connectivity index (χ1) is 9.91. The fourth-order valence-corrected chi connectivity index (χ4v) is 5.85. The molecule has 0 amide bonds. The number of sulfone groups is 1. The van der Waals surface area contributed by atoms with Crippen molar-refractivity contribution in [3.05, 3.63) is 0 Å². The standard InChI is InChI=1S/C17H33NO2S/c1-4-18-17(14-8-5-7-13(2)11-14)15-9-6-10-16(12-15)21(3,19)20/h13-18H,4-12H2,1-3H3. The smallest absolute Gasteiger partial charge is 0.150 e. The second-order valence-corrected chi connectivity index (χ2v) is 9.82. The van der Waals surface area contributed by atoms with Gasteiger partial charge < -0.3 is 5.32 Å². The van der Waals surface area contributed by atoms with Crippen LogP contribution in [0.1, 0.15) is 65.2 Å². The first kappa shape index (κ1) is 17.3. The zero-order chi connectivity index (χ0) is 15.5. The molecule has 2 saturated carbocycles. The third kappa shape index (κ3) is 4.69. The van der Waals surface area contributed by atoms with Crippen LogP contribution < -0.4 is 5.32 Å². The lowest BCUT2D eigenvalue weighted by Crippen LogP contribution is -2.46. The molecule has 0 aliphatic heterocycles. The lowest BCUT2D eigenvalue weighted by molar-refractivity contribution is 0.153. The van der Waals surface area contributed by atoms with Crippen molar-refractivity contribution in [1.29, 1.82) is 0 Å². The average Bonchev–Trinajstić information content (AvgIpc) is 2.44. The zero-order valence-electron chi connectivity index (χ0n) is 14.0. The minimum absolute atomic E-state index is 0.0987. The second kappa shape index (κ2) is 7.45. The molecule has 0 bridgehead atoms. The van der Waals surface area contributed by atoms with Gasteiger partial charge >= 0.3 is 0 Å². The van der Waals surface area contributed by atoms with E-state index in [9.17, 15) is 8.42 Å². The van der Waals surface area contributed by atoms with E-state index in [0.717, 1.165) is 37.6 Å². The molecule has 0 aromatic heterocycles. The Bertz CT molecular complexity index is 421. The number of hydrogen-bond acceptors (Lipinski definition) is 3. The maximum Gasteiger partial charge on any atom is 0.150 e. The van der Waals surface area contributed by atoms with E-state index >= 15 is 0 Å². The highest BCUT2D eigenvalue weighted by Gasteiger charge is 2.37. The molecular weight excluding hydrogens is 282 g/mol. The van der Waals surface area contributed by atoms with Gasteiger partial charge in [-0.1, -0.05) is 33.1 Å². The predicted octanol–water partition coefficient (Wildman–Crippen LogP) is 3.39. The molecule has 124 valence electrons. The Hall–Kier alpha value is -0.0900. The molecule has 5 unspecified atom stereocenters. The van der Waals surface area contributed by atoms with Crippen molar-refractivity contribution >= 4 is 9.84 Å². The first-order valence-corrected chi connectivity index (χ1v) is 10.8. The Morgan fingerprint density at radius 3 is 2.24 bits per heavy atom. The highest BCUT2D eigenvalue weighted by Crippen LogP contribution is 2.38. The van der Waals surface area contributed by atoms with E-state index in [1.807, 2.05) is 0 Å². The monoisotopic (exact) mass is 315 g/mol. The van der Waals surface area contributed by atoms with Gasteiger partial charge in [0.15, 0.2) is 0 Å². The van der Waals surface area contributed by atoms with E-state index in [0.29, 0.717) is 12.0 Å². The lowest BCUT2D eigenvalue weighted by atomic mass is 9.71. The van der Waals surface area contributed by atoms with Crippen molar-refractivity contribution in [2.45, 2.75) is 76.5 Å². The van der Waals surface area contributed by atoms with Gasteiger partial charge in [-0.3, -0.25) is 0 Å². The summed E-state index contributed by atoms with van der Waals surface area (Å²) in [5.41, 5.74) is 0. The van der Waals surface area contributed by atoms with E-state index in [1.54, 1.807) is 0 Å². The SMILES string of the molecule is CCNC(C1CCCC(C)C1)C1CCCC(S(C)(=O)=O)C1. The fraction of sp³-hybridized carbons (Fsp3) is 1.00. The largest absolute Gasteiger partial charge is 0.314 e. The highest BCUT2D eigenvalue weighted by atomic mass is 32.2. The van der Waals surface area contributed by atoms with Crippen molar-refractivity contribution in [3.8, 4) is 0 Å². The summed E-state index contributed by atoms with van der Waals surface area (Å²) in [7, 11) is -2.88. The predicted molar refractivity (Wildman–Crippen MR) is 89.2 cm³/mol. The van der Waals surface area contributed by atoms with Crippen LogP contribution in [0.4, 0.5) is 0 Å². The molecule has 0 spiro atoms. The van der Waals surface area contributed by atoms with Crippen molar-refractivity contribution in [3.63, 3.8) is 0 Å². The molecule has 0 aromatic carbocycles. The number of rotatable bonds is 5. The summed E-state index contributed by atoms with van der Waals surface area (Å²) >= 11 is 0. The molecule has 0 heterocycles. The Labute approximate surface area is 131 Å². The second-order valence-electron chi connectivity index (χ2n) is 7.49. The van der Waals surface area contributed by atoms with Crippen molar-refractivity contribution in [2.75, 3.05) is 12.8 Å². The van der Waals surface area contributed by atoms with Gasteiger partial charge in [-0.05, 0) is 56.4 Å². The number of hydrogen-bond donors (Lipinski definition) is 1. The summed E-state index contributed by atoms with van der Waals surface area (Å²) in [6, 6.07) is 0.530. The number of nitrogens with one attached hydrogen (secondary N) is 1. The Kier molecular flexibility index (Phi) is 6.13. The van der Waals surface area contributed by atoms with Crippen LogP contribution in [0.25, 0.3) is 0 Å². The van der Waals surface area contributed by atoms with E-state index in [1.165, 1.54) is 38.4 Å². The Balaban J connectivity index is 2.06. The summed E-state index contributed by atoms with van der Waals surface area (Å²) < 4.78 is 23.8. The molecule has 4 heteroatoms. The minimum atomic E-state index is -2.88. The molecule has 2 aliphatic carbocycles. The maximum absolute atomic E-state index is 11.9. The third-order valence-corrected chi connectivity index (χ3v) is 7.34. The lowest BCUT2D eigenvalue weighted by Gasteiger charge is -2.41. The van der Waals surface area contributed by atoms with E-state index in [2.05, 4.69) is 19.2 Å². The molecule has 0 saturated heterocycles. The van der Waals surface area contributed by atoms with Gasteiger partial charge in [0.05, 0.1) is 5.25 Å².